The monoisotopic (exact) mass is 226 g/mol. The van der Waals surface area contributed by atoms with Gasteiger partial charge in [-0.2, -0.15) is 13.2 Å². The first kappa shape index (κ1) is 14.2. The van der Waals surface area contributed by atoms with Gasteiger partial charge in [-0.3, -0.25) is 9.80 Å². The Kier molecular flexibility index (Phi) is 5.07. The molecule has 0 aliphatic carbocycles. The van der Waals surface area contributed by atoms with E-state index in [1.807, 2.05) is 0 Å². The third-order valence-corrected chi connectivity index (χ3v) is 1.81. The van der Waals surface area contributed by atoms with Gasteiger partial charge in [0.05, 0.1) is 0 Å². The molecule has 0 aromatic rings. The van der Waals surface area contributed by atoms with Gasteiger partial charge in [-0.15, -0.1) is 0 Å². The highest BCUT2D eigenvalue weighted by Crippen LogP contribution is 2.26. The van der Waals surface area contributed by atoms with Gasteiger partial charge in [-0.05, 0) is 20.3 Å². The first-order valence-corrected chi connectivity index (χ1v) is 4.82. The molecular formula is C9H17F3N2O. The number of hydrogen-bond acceptors (Lipinski definition) is 2. The molecular weight excluding hydrogens is 209 g/mol. The minimum atomic E-state index is -4.40. The summed E-state index contributed by atoms with van der Waals surface area (Å²) >= 11 is 0. The lowest BCUT2D eigenvalue weighted by Crippen LogP contribution is -2.56. The maximum atomic E-state index is 12.5. The Balaban J connectivity index is 4.79. The predicted molar refractivity (Wildman–Crippen MR) is 50.9 cm³/mol. The van der Waals surface area contributed by atoms with Crippen LogP contribution in [-0.4, -0.2) is 29.2 Å². The third kappa shape index (κ3) is 4.51. The molecule has 0 saturated carbocycles. The molecule has 0 aromatic heterocycles. The molecule has 1 atom stereocenters. The van der Waals surface area contributed by atoms with Crippen molar-refractivity contribution < 1.29 is 18.0 Å². The second-order valence-electron chi connectivity index (χ2n) is 3.64. The molecule has 90 valence electrons. The Morgan fingerprint density at radius 1 is 1.40 bits per heavy atom. The second kappa shape index (κ2) is 5.34. The first-order chi connectivity index (χ1) is 6.70. The maximum Gasteiger partial charge on any atom is 0.410 e. The molecule has 0 aliphatic rings. The van der Waals surface area contributed by atoms with E-state index in [4.69, 9.17) is 0 Å². The van der Waals surface area contributed by atoms with Crippen LogP contribution >= 0.6 is 0 Å². The van der Waals surface area contributed by atoms with Gasteiger partial charge in [0.15, 0.2) is 0 Å². The summed E-state index contributed by atoms with van der Waals surface area (Å²) in [6, 6.07) is -1.98. The highest BCUT2D eigenvalue weighted by molar-refractivity contribution is 5.73. The number of alkyl halides is 3. The van der Waals surface area contributed by atoms with Crippen LogP contribution in [0.4, 0.5) is 13.2 Å². The van der Waals surface area contributed by atoms with Crippen LogP contribution in [0.15, 0.2) is 0 Å². The largest absolute Gasteiger partial charge is 0.410 e. The summed E-state index contributed by atoms with van der Waals surface area (Å²) in [5.74, 6) is -0.632. The van der Waals surface area contributed by atoms with Crippen LogP contribution in [0.1, 0.15) is 34.1 Å². The zero-order valence-corrected chi connectivity index (χ0v) is 9.35. The van der Waals surface area contributed by atoms with Crippen LogP contribution in [0.2, 0.25) is 0 Å². The van der Waals surface area contributed by atoms with Crippen molar-refractivity contribution in [1.29, 1.82) is 0 Å². The van der Waals surface area contributed by atoms with Crippen LogP contribution in [0.3, 0.4) is 0 Å². The van der Waals surface area contributed by atoms with Crippen LogP contribution in [0.5, 0.6) is 0 Å². The number of carbonyl (C=O) groups excluding carboxylic acids is 1. The molecule has 0 bridgehead atoms. The van der Waals surface area contributed by atoms with E-state index in [2.05, 4.69) is 5.43 Å². The van der Waals surface area contributed by atoms with Crippen molar-refractivity contribution in [3.8, 4) is 0 Å². The van der Waals surface area contributed by atoms with Crippen molar-refractivity contribution in [3.63, 3.8) is 0 Å². The molecule has 0 fully saturated rings. The van der Waals surface area contributed by atoms with Gasteiger partial charge >= 0.3 is 6.18 Å². The predicted octanol–water partition coefficient (Wildman–Crippen LogP) is 2.09. The van der Waals surface area contributed by atoms with Gasteiger partial charge in [0.25, 0.3) is 0 Å². The van der Waals surface area contributed by atoms with Gasteiger partial charge < -0.3 is 0 Å². The summed E-state index contributed by atoms with van der Waals surface area (Å²) in [5.41, 5.74) is 2.50. The van der Waals surface area contributed by atoms with Crippen molar-refractivity contribution in [2.75, 3.05) is 0 Å². The Labute approximate surface area is 87.6 Å². The van der Waals surface area contributed by atoms with E-state index in [1.165, 1.54) is 6.92 Å². The van der Waals surface area contributed by atoms with E-state index in [1.54, 1.807) is 13.8 Å². The fourth-order valence-corrected chi connectivity index (χ4v) is 1.24. The second-order valence-corrected chi connectivity index (χ2v) is 3.64. The Hall–Kier alpha value is -0.780. The molecule has 1 unspecified atom stereocenters. The van der Waals surface area contributed by atoms with Gasteiger partial charge in [0.2, 0.25) is 5.91 Å². The number of hydrogen-bond donors (Lipinski definition) is 1. The van der Waals surface area contributed by atoms with Gasteiger partial charge in [0, 0.05) is 13.0 Å². The molecule has 6 heteroatoms. The fourth-order valence-electron chi connectivity index (χ4n) is 1.24. The quantitative estimate of drug-likeness (QED) is 0.744. The smallest absolute Gasteiger partial charge is 0.274 e. The van der Waals surface area contributed by atoms with E-state index < -0.39 is 18.1 Å². The van der Waals surface area contributed by atoms with Crippen LogP contribution in [0.25, 0.3) is 0 Å². The number of nitrogens with zero attached hydrogens (tertiary/aromatic N) is 1. The molecule has 0 saturated heterocycles. The highest BCUT2D eigenvalue weighted by atomic mass is 19.4. The summed E-state index contributed by atoms with van der Waals surface area (Å²) in [4.78, 5) is 11.1. The topological polar surface area (TPSA) is 32.3 Å². The van der Waals surface area contributed by atoms with E-state index >= 15 is 0 Å². The summed E-state index contributed by atoms with van der Waals surface area (Å²) in [6.45, 7) is 5.87. The molecule has 1 amide bonds. The Bertz CT molecular complexity index is 216. The van der Waals surface area contributed by atoms with Crippen LogP contribution in [-0.2, 0) is 4.79 Å². The molecule has 0 spiro atoms. The van der Waals surface area contributed by atoms with Crippen LogP contribution < -0.4 is 5.43 Å². The average molecular weight is 226 g/mol. The van der Waals surface area contributed by atoms with E-state index in [0.717, 1.165) is 6.92 Å². The number of rotatable bonds is 4. The highest BCUT2D eigenvalue weighted by Gasteiger charge is 2.43. The van der Waals surface area contributed by atoms with Crippen molar-refractivity contribution in [3.05, 3.63) is 0 Å². The SMILES string of the molecule is CCC(N(NC(C)C)C(C)=O)C(F)(F)F. The molecule has 0 aliphatic heterocycles. The average Bonchev–Trinajstić information content (AvgIpc) is 2.00. The molecule has 0 radical (unpaired) electrons. The zero-order valence-electron chi connectivity index (χ0n) is 9.35. The van der Waals surface area contributed by atoms with Crippen molar-refractivity contribution in [2.45, 2.75) is 52.4 Å². The maximum absolute atomic E-state index is 12.5. The molecule has 0 heterocycles. The number of amides is 1. The first-order valence-electron chi connectivity index (χ1n) is 4.82. The number of nitrogens with one attached hydrogen (secondary N) is 1. The number of hydrazine groups is 1. The fraction of sp³-hybridized carbons (Fsp3) is 0.889. The summed E-state index contributed by atoms with van der Waals surface area (Å²) in [5, 5.41) is 0.657. The summed E-state index contributed by atoms with van der Waals surface area (Å²) in [7, 11) is 0. The normalized spacial score (nSPS) is 14.1. The van der Waals surface area contributed by atoms with Crippen molar-refractivity contribution >= 4 is 5.91 Å². The minimum absolute atomic E-state index is 0.164. The summed E-state index contributed by atoms with van der Waals surface area (Å²) < 4.78 is 37.6. The molecule has 0 aromatic carbocycles. The molecule has 0 rings (SSSR count). The Morgan fingerprint density at radius 3 is 2.07 bits per heavy atom. The van der Waals surface area contributed by atoms with Crippen LogP contribution in [0, 0.1) is 0 Å². The lowest BCUT2D eigenvalue weighted by atomic mass is 10.2. The van der Waals surface area contributed by atoms with E-state index in [0.29, 0.717) is 5.01 Å². The number of carbonyl (C=O) groups is 1. The Morgan fingerprint density at radius 2 is 1.87 bits per heavy atom. The van der Waals surface area contributed by atoms with Gasteiger partial charge in [-0.1, -0.05) is 6.92 Å². The van der Waals surface area contributed by atoms with Gasteiger partial charge in [0.1, 0.15) is 6.04 Å². The molecule has 3 nitrogen and oxygen atoms in total. The van der Waals surface area contributed by atoms with E-state index in [-0.39, 0.29) is 12.5 Å². The molecule has 15 heavy (non-hydrogen) atoms. The van der Waals surface area contributed by atoms with Gasteiger partial charge in [-0.25, -0.2) is 5.43 Å². The lowest BCUT2D eigenvalue weighted by molar-refractivity contribution is -0.198. The molecule has 1 N–H and O–H groups in total. The number of halogens is 3. The minimum Gasteiger partial charge on any atom is -0.274 e. The van der Waals surface area contributed by atoms with Crippen molar-refractivity contribution in [1.82, 2.24) is 10.4 Å². The lowest BCUT2D eigenvalue weighted by Gasteiger charge is -2.33. The standard InChI is InChI=1S/C9H17F3N2O/c1-5-8(9(10,11)12)14(7(4)15)13-6(2)3/h6,8,13H,5H2,1-4H3. The zero-order chi connectivity index (χ0) is 12.2. The van der Waals surface area contributed by atoms with E-state index in [9.17, 15) is 18.0 Å². The third-order valence-electron chi connectivity index (χ3n) is 1.81. The van der Waals surface area contributed by atoms with Crippen molar-refractivity contribution in [2.24, 2.45) is 0 Å². The summed E-state index contributed by atoms with van der Waals surface area (Å²) in [6.07, 6.45) is -4.56.